The molecule has 0 spiro atoms. The third-order valence-corrected chi connectivity index (χ3v) is 3.81. The lowest BCUT2D eigenvalue weighted by Gasteiger charge is -2.31. The van der Waals surface area contributed by atoms with Crippen LogP contribution in [0.2, 0.25) is 0 Å². The second-order valence-electron chi connectivity index (χ2n) is 5.25. The number of rotatable bonds is 5. The van der Waals surface area contributed by atoms with Crippen LogP contribution in [0.5, 0.6) is 0 Å². The predicted octanol–water partition coefficient (Wildman–Crippen LogP) is 0.865. The van der Waals surface area contributed by atoms with Gasteiger partial charge in [-0.15, -0.1) is 0 Å². The van der Waals surface area contributed by atoms with Crippen LogP contribution in [-0.4, -0.2) is 46.4 Å². The van der Waals surface area contributed by atoms with Crippen molar-refractivity contribution in [1.29, 1.82) is 0 Å². The van der Waals surface area contributed by atoms with E-state index in [0.717, 1.165) is 0 Å². The van der Waals surface area contributed by atoms with Gasteiger partial charge in [-0.1, -0.05) is 0 Å². The first-order chi connectivity index (χ1) is 9.95. The Hall–Kier alpha value is -2.31. The maximum Gasteiger partial charge on any atom is 0.329 e. The first-order valence-electron chi connectivity index (χ1n) is 6.79. The van der Waals surface area contributed by atoms with E-state index >= 15 is 0 Å². The number of hydrogen-bond acceptors (Lipinski definition) is 4. The molecule has 114 valence electrons. The quantitative estimate of drug-likeness (QED) is 0.839. The molecular weight excluding hydrogens is 276 g/mol. The fraction of sp³-hybridized carbons (Fsp3) is 0.500. The summed E-state index contributed by atoms with van der Waals surface area (Å²) in [5.74, 6) is -1.57. The molecule has 1 aliphatic heterocycles. The van der Waals surface area contributed by atoms with Gasteiger partial charge in [-0.25, -0.2) is 4.79 Å². The van der Waals surface area contributed by atoms with Crippen molar-refractivity contribution in [2.45, 2.75) is 31.7 Å². The molecule has 1 atom stereocenters. The van der Waals surface area contributed by atoms with Crippen LogP contribution < -0.4 is 5.32 Å². The monoisotopic (exact) mass is 294 g/mol. The lowest BCUT2D eigenvalue weighted by Crippen LogP contribution is -2.51. The van der Waals surface area contributed by atoms with Gasteiger partial charge in [-0.05, 0) is 25.8 Å². The van der Waals surface area contributed by atoms with Crippen molar-refractivity contribution >= 4 is 17.8 Å². The smallest absolute Gasteiger partial charge is 0.329 e. The Morgan fingerprint density at radius 1 is 1.48 bits per heavy atom. The predicted molar refractivity (Wildman–Crippen MR) is 72.6 cm³/mol. The van der Waals surface area contributed by atoms with Gasteiger partial charge in [0.15, 0.2) is 0 Å². The van der Waals surface area contributed by atoms with Crippen LogP contribution in [0.3, 0.4) is 0 Å². The SMILES string of the molecule is CC1(C(=O)O)CCCN1C(=O)CCNC(=O)c1ccoc1. The van der Waals surface area contributed by atoms with Crippen LogP contribution in [0.1, 0.15) is 36.5 Å². The van der Waals surface area contributed by atoms with Crippen molar-refractivity contribution in [2.75, 3.05) is 13.1 Å². The maximum atomic E-state index is 12.1. The van der Waals surface area contributed by atoms with Crippen molar-refractivity contribution in [1.82, 2.24) is 10.2 Å². The maximum absolute atomic E-state index is 12.1. The molecule has 1 fully saturated rings. The van der Waals surface area contributed by atoms with Crippen molar-refractivity contribution in [2.24, 2.45) is 0 Å². The zero-order valence-electron chi connectivity index (χ0n) is 11.8. The zero-order valence-corrected chi connectivity index (χ0v) is 11.8. The van der Waals surface area contributed by atoms with E-state index in [1.165, 1.54) is 23.5 Å². The summed E-state index contributed by atoms with van der Waals surface area (Å²) in [7, 11) is 0. The Morgan fingerprint density at radius 3 is 2.86 bits per heavy atom. The Labute approximate surface area is 121 Å². The van der Waals surface area contributed by atoms with Gasteiger partial charge in [0.05, 0.1) is 11.8 Å². The van der Waals surface area contributed by atoms with Gasteiger partial charge in [0.25, 0.3) is 5.91 Å². The minimum Gasteiger partial charge on any atom is -0.480 e. The van der Waals surface area contributed by atoms with E-state index < -0.39 is 11.5 Å². The van der Waals surface area contributed by atoms with E-state index in [1.54, 1.807) is 6.92 Å². The molecule has 1 unspecified atom stereocenters. The average molecular weight is 294 g/mol. The van der Waals surface area contributed by atoms with Crippen LogP contribution in [0.15, 0.2) is 23.0 Å². The molecule has 7 nitrogen and oxygen atoms in total. The standard InChI is InChI=1S/C14H18N2O5/c1-14(13(19)20)5-2-7-16(14)11(17)3-6-15-12(18)10-4-8-21-9-10/h4,8-9H,2-3,5-7H2,1H3,(H,15,18)(H,19,20). The summed E-state index contributed by atoms with van der Waals surface area (Å²) < 4.78 is 4.80. The molecule has 2 N–H and O–H groups in total. The molecule has 0 aliphatic carbocycles. The van der Waals surface area contributed by atoms with E-state index in [4.69, 9.17) is 4.42 Å². The Bertz CT molecular complexity index is 540. The molecule has 1 aromatic heterocycles. The third kappa shape index (κ3) is 3.07. The number of nitrogens with zero attached hydrogens (tertiary/aromatic N) is 1. The highest BCUT2D eigenvalue weighted by atomic mass is 16.4. The summed E-state index contributed by atoms with van der Waals surface area (Å²) in [4.78, 5) is 36.5. The van der Waals surface area contributed by atoms with Gasteiger partial charge < -0.3 is 19.7 Å². The van der Waals surface area contributed by atoms with E-state index in [0.29, 0.717) is 24.9 Å². The molecule has 1 aliphatic rings. The van der Waals surface area contributed by atoms with Crippen molar-refractivity contribution in [3.05, 3.63) is 24.2 Å². The summed E-state index contributed by atoms with van der Waals surface area (Å²) in [5.41, 5.74) is -0.745. The van der Waals surface area contributed by atoms with E-state index in [-0.39, 0.29) is 24.8 Å². The molecule has 21 heavy (non-hydrogen) atoms. The Morgan fingerprint density at radius 2 is 2.24 bits per heavy atom. The van der Waals surface area contributed by atoms with Gasteiger partial charge >= 0.3 is 5.97 Å². The first-order valence-corrected chi connectivity index (χ1v) is 6.79. The molecule has 2 rings (SSSR count). The molecule has 2 heterocycles. The van der Waals surface area contributed by atoms with E-state index in [9.17, 15) is 19.5 Å². The molecule has 1 aromatic rings. The molecule has 0 aromatic carbocycles. The lowest BCUT2D eigenvalue weighted by atomic mass is 9.99. The third-order valence-electron chi connectivity index (χ3n) is 3.81. The van der Waals surface area contributed by atoms with Crippen LogP contribution in [0.25, 0.3) is 0 Å². The normalized spacial score (nSPS) is 21.3. The van der Waals surface area contributed by atoms with Crippen molar-refractivity contribution in [3.8, 4) is 0 Å². The van der Waals surface area contributed by atoms with Gasteiger partial charge in [0.2, 0.25) is 5.91 Å². The number of carbonyl (C=O) groups excluding carboxylic acids is 2. The van der Waals surface area contributed by atoms with Gasteiger partial charge in [-0.2, -0.15) is 0 Å². The molecule has 7 heteroatoms. The number of carbonyl (C=O) groups is 3. The van der Waals surface area contributed by atoms with Crippen molar-refractivity contribution in [3.63, 3.8) is 0 Å². The Kier molecular flexibility index (Phi) is 4.30. The zero-order chi connectivity index (χ0) is 15.5. The minimum absolute atomic E-state index is 0.0759. The molecule has 0 bridgehead atoms. The number of hydrogen-bond donors (Lipinski definition) is 2. The van der Waals surface area contributed by atoms with Gasteiger partial charge in [-0.3, -0.25) is 9.59 Å². The fourth-order valence-corrected chi connectivity index (χ4v) is 2.50. The van der Waals surface area contributed by atoms with Gasteiger partial charge in [0.1, 0.15) is 11.8 Å². The van der Waals surface area contributed by atoms with Crippen molar-refractivity contribution < 1.29 is 23.9 Å². The van der Waals surface area contributed by atoms with E-state index in [1.807, 2.05) is 0 Å². The summed E-state index contributed by atoms with van der Waals surface area (Å²) in [6, 6.07) is 1.53. The number of aliphatic carboxylic acids is 1. The van der Waals surface area contributed by atoms with E-state index in [2.05, 4.69) is 5.32 Å². The number of carboxylic acid groups (broad SMARTS) is 1. The summed E-state index contributed by atoms with van der Waals surface area (Å²) in [5, 5.41) is 11.9. The molecule has 2 amide bonds. The highest BCUT2D eigenvalue weighted by molar-refractivity contribution is 5.94. The largest absolute Gasteiger partial charge is 0.480 e. The highest BCUT2D eigenvalue weighted by Gasteiger charge is 2.45. The minimum atomic E-state index is -1.13. The first kappa shape index (κ1) is 15.1. The fourth-order valence-electron chi connectivity index (χ4n) is 2.50. The second-order valence-corrected chi connectivity index (χ2v) is 5.25. The lowest BCUT2D eigenvalue weighted by molar-refractivity contribution is -0.155. The van der Waals surface area contributed by atoms with Gasteiger partial charge in [0, 0.05) is 19.5 Å². The van der Waals surface area contributed by atoms with Crippen LogP contribution in [-0.2, 0) is 9.59 Å². The number of furan rings is 1. The van der Waals surface area contributed by atoms with Crippen LogP contribution in [0, 0.1) is 0 Å². The number of carboxylic acids is 1. The highest BCUT2D eigenvalue weighted by Crippen LogP contribution is 2.29. The Balaban J connectivity index is 1.85. The molecule has 1 saturated heterocycles. The average Bonchev–Trinajstić information content (AvgIpc) is 3.08. The number of amides is 2. The van der Waals surface area contributed by atoms with Crippen LogP contribution in [0.4, 0.5) is 0 Å². The molecule has 0 radical (unpaired) electrons. The summed E-state index contributed by atoms with van der Waals surface area (Å²) >= 11 is 0. The second kappa shape index (κ2) is 5.99. The molecule has 0 saturated carbocycles. The number of nitrogens with one attached hydrogen (secondary N) is 1. The number of likely N-dealkylation sites (tertiary alicyclic amines) is 1. The molecular formula is C14H18N2O5. The summed E-state index contributed by atoms with van der Waals surface area (Å²) in [6.45, 7) is 2.16. The summed E-state index contributed by atoms with van der Waals surface area (Å²) in [6.07, 6.45) is 3.92. The topological polar surface area (TPSA) is 99.9 Å². The van der Waals surface area contributed by atoms with Crippen LogP contribution >= 0.6 is 0 Å².